The minimum absolute atomic E-state index is 0.181. The zero-order valence-corrected chi connectivity index (χ0v) is 12.8. The van der Waals surface area contributed by atoms with Crippen molar-refractivity contribution in [3.05, 3.63) is 63.6 Å². The maximum Gasteiger partial charge on any atom is 0.184 e. The molecule has 0 N–H and O–H groups in total. The number of carbonyl (C=O) groups excluding carboxylic acids is 1. The van der Waals surface area contributed by atoms with E-state index >= 15 is 0 Å². The van der Waals surface area contributed by atoms with Crippen LogP contribution in [0.5, 0.6) is 5.75 Å². The number of ketones is 1. The van der Waals surface area contributed by atoms with E-state index in [1.54, 1.807) is 12.1 Å². The lowest BCUT2D eigenvalue weighted by Crippen LogP contribution is -2.12. The molecule has 0 aliphatic carbocycles. The second kappa shape index (κ2) is 5.71. The first kappa shape index (κ1) is 13.8. The molecule has 4 heteroatoms. The zero-order chi connectivity index (χ0) is 14.8. The lowest BCUT2D eigenvalue weighted by atomic mass is 9.91. The first-order chi connectivity index (χ1) is 10.2. The van der Waals surface area contributed by atoms with Crippen LogP contribution in [0, 0.1) is 11.3 Å². The molecule has 2 aromatic rings. The van der Waals surface area contributed by atoms with Crippen LogP contribution in [0.2, 0.25) is 0 Å². The first-order valence-corrected chi connectivity index (χ1v) is 7.44. The maximum absolute atomic E-state index is 12.6. The van der Waals surface area contributed by atoms with Crippen molar-refractivity contribution in [1.29, 1.82) is 5.26 Å². The SMILES string of the molecule is N#CC(C(=O)c1ccc2c(c1)CCO2)c1ccccc1Br. The highest BCUT2D eigenvalue weighted by Gasteiger charge is 2.25. The Bertz CT molecular complexity index is 749. The number of nitriles is 1. The highest BCUT2D eigenvalue weighted by Crippen LogP contribution is 2.30. The molecule has 1 unspecified atom stereocenters. The standard InChI is InChI=1S/C17H12BrNO2/c18-15-4-2-1-3-13(15)14(10-19)17(20)12-5-6-16-11(9-12)7-8-21-16/h1-6,9,14H,7-8H2. The minimum atomic E-state index is -0.805. The Kier molecular flexibility index (Phi) is 3.76. The van der Waals surface area contributed by atoms with Crippen molar-refractivity contribution in [2.24, 2.45) is 0 Å². The second-order valence-corrected chi connectivity index (χ2v) is 5.72. The van der Waals surface area contributed by atoms with Crippen LogP contribution < -0.4 is 4.74 Å². The number of benzene rings is 2. The summed E-state index contributed by atoms with van der Waals surface area (Å²) in [7, 11) is 0. The molecular formula is C17H12BrNO2. The topological polar surface area (TPSA) is 50.1 Å². The van der Waals surface area contributed by atoms with Crippen LogP contribution in [-0.2, 0) is 6.42 Å². The summed E-state index contributed by atoms with van der Waals surface area (Å²) in [5.41, 5.74) is 2.29. The monoisotopic (exact) mass is 341 g/mol. The number of ether oxygens (including phenoxy) is 1. The van der Waals surface area contributed by atoms with Gasteiger partial charge in [0.1, 0.15) is 11.7 Å². The first-order valence-electron chi connectivity index (χ1n) is 6.64. The Labute approximate surface area is 131 Å². The van der Waals surface area contributed by atoms with Crippen LogP contribution >= 0.6 is 15.9 Å². The molecule has 3 nitrogen and oxygen atoms in total. The molecule has 0 bridgehead atoms. The fourth-order valence-corrected chi connectivity index (χ4v) is 3.00. The number of nitrogens with zero attached hydrogens (tertiary/aromatic N) is 1. The van der Waals surface area contributed by atoms with Crippen LogP contribution in [-0.4, -0.2) is 12.4 Å². The largest absolute Gasteiger partial charge is 0.493 e. The van der Waals surface area contributed by atoms with Crippen LogP contribution in [0.4, 0.5) is 0 Å². The Balaban J connectivity index is 1.97. The third-order valence-corrected chi connectivity index (χ3v) is 4.30. The molecule has 1 heterocycles. The van der Waals surface area contributed by atoms with Gasteiger partial charge in [0.05, 0.1) is 12.7 Å². The number of hydrogen-bond acceptors (Lipinski definition) is 3. The van der Waals surface area contributed by atoms with E-state index in [1.165, 1.54) is 0 Å². The maximum atomic E-state index is 12.6. The molecule has 1 aliphatic rings. The van der Waals surface area contributed by atoms with Gasteiger partial charge in [-0.05, 0) is 35.4 Å². The van der Waals surface area contributed by atoms with Gasteiger partial charge in [-0.2, -0.15) is 5.26 Å². The fourth-order valence-electron chi connectivity index (χ4n) is 2.49. The van der Waals surface area contributed by atoms with Gasteiger partial charge >= 0.3 is 0 Å². The summed E-state index contributed by atoms with van der Waals surface area (Å²) in [6.45, 7) is 0.652. The summed E-state index contributed by atoms with van der Waals surface area (Å²) in [6, 6.07) is 14.8. The van der Waals surface area contributed by atoms with E-state index in [9.17, 15) is 10.1 Å². The molecule has 0 saturated carbocycles. The van der Waals surface area contributed by atoms with Gasteiger partial charge in [0.15, 0.2) is 5.78 Å². The van der Waals surface area contributed by atoms with Gasteiger partial charge in [0.25, 0.3) is 0 Å². The normalized spacial score (nSPS) is 13.9. The molecule has 0 amide bonds. The van der Waals surface area contributed by atoms with E-state index in [4.69, 9.17) is 4.74 Å². The zero-order valence-electron chi connectivity index (χ0n) is 11.2. The number of Topliss-reactive ketones (excluding diaryl/α,β-unsaturated/α-hetero) is 1. The summed E-state index contributed by atoms with van der Waals surface area (Å²) < 4.78 is 6.21. The molecule has 1 atom stereocenters. The predicted octanol–water partition coefficient (Wildman–Crippen LogP) is 3.87. The lowest BCUT2D eigenvalue weighted by Gasteiger charge is -2.11. The number of carbonyl (C=O) groups is 1. The highest BCUT2D eigenvalue weighted by molar-refractivity contribution is 9.10. The Morgan fingerprint density at radius 1 is 1.29 bits per heavy atom. The van der Waals surface area contributed by atoms with Gasteiger partial charge < -0.3 is 4.74 Å². The average Bonchev–Trinajstić information content (AvgIpc) is 2.97. The molecule has 21 heavy (non-hydrogen) atoms. The van der Waals surface area contributed by atoms with Crippen LogP contribution in [0.15, 0.2) is 46.9 Å². The average molecular weight is 342 g/mol. The number of halogens is 1. The van der Waals surface area contributed by atoms with Crippen molar-refractivity contribution < 1.29 is 9.53 Å². The minimum Gasteiger partial charge on any atom is -0.493 e. The summed E-state index contributed by atoms with van der Waals surface area (Å²) in [4.78, 5) is 12.6. The number of fused-ring (bicyclic) bond motifs is 1. The molecule has 0 aromatic heterocycles. The van der Waals surface area contributed by atoms with Crippen molar-refractivity contribution >= 4 is 21.7 Å². The van der Waals surface area contributed by atoms with Crippen molar-refractivity contribution in [3.63, 3.8) is 0 Å². The summed E-state index contributed by atoms with van der Waals surface area (Å²) in [5.74, 6) is -0.152. The van der Waals surface area contributed by atoms with E-state index in [1.807, 2.05) is 30.3 Å². The molecule has 2 aromatic carbocycles. The van der Waals surface area contributed by atoms with Crippen molar-refractivity contribution in [2.75, 3.05) is 6.61 Å². The summed E-state index contributed by atoms with van der Waals surface area (Å²) in [6.07, 6.45) is 0.808. The third kappa shape index (κ3) is 2.57. The van der Waals surface area contributed by atoms with Gasteiger partial charge in [-0.3, -0.25) is 4.79 Å². The van der Waals surface area contributed by atoms with E-state index in [-0.39, 0.29) is 5.78 Å². The van der Waals surface area contributed by atoms with Crippen LogP contribution in [0.1, 0.15) is 27.4 Å². The fraction of sp³-hybridized carbons (Fsp3) is 0.176. The summed E-state index contributed by atoms with van der Waals surface area (Å²) >= 11 is 3.40. The number of rotatable bonds is 3. The highest BCUT2D eigenvalue weighted by atomic mass is 79.9. The molecule has 3 rings (SSSR count). The predicted molar refractivity (Wildman–Crippen MR) is 82.5 cm³/mol. The van der Waals surface area contributed by atoms with Gasteiger partial charge in [0, 0.05) is 16.5 Å². The number of hydrogen-bond donors (Lipinski definition) is 0. The van der Waals surface area contributed by atoms with Crippen molar-refractivity contribution in [2.45, 2.75) is 12.3 Å². The summed E-state index contributed by atoms with van der Waals surface area (Å²) in [5, 5.41) is 9.41. The van der Waals surface area contributed by atoms with E-state index in [0.29, 0.717) is 17.7 Å². The van der Waals surface area contributed by atoms with E-state index in [0.717, 1.165) is 22.2 Å². The molecule has 0 spiro atoms. The van der Waals surface area contributed by atoms with Gasteiger partial charge in [-0.25, -0.2) is 0 Å². The molecule has 1 aliphatic heterocycles. The van der Waals surface area contributed by atoms with Gasteiger partial charge in [-0.1, -0.05) is 34.1 Å². The quantitative estimate of drug-likeness (QED) is 0.796. The second-order valence-electron chi connectivity index (χ2n) is 4.87. The van der Waals surface area contributed by atoms with E-state index in [2.05, 4.69) is 22.0 Å². The molecule has 104 valence electrons. The molecule has 0 saturated heterocycles. The van der Waals surface area contributed by atoms with Crippen molar-refractivity contribution in [3.8, 4) is 11.8 Å². The molecular weight excluding hydrogens is 330 g/mol. The smallest absolute Gasteiger partial charge is 0.184 e. The van der Waals surface area contributed by atoms with Crippen LogP contribution in [0.3, 0.4) is 0 Å². The van der Waals surface area contributed by atoms with Gasteiger partial charge in [0.2, 0.25) is 0 Å². The van der Waals surface area contributed by atoms with E-state index < -0.39 is 5.92 Å². The molecule has 0 radical (unpaired) electrons. The Hall–Kier alpha value is -2.12. The van der Waals surface area contributed by atoms with Gasteiger partial charge in [-0.15, -0.1) is 0 Å². The van der Waals surface area contributed by atoms with Crippen LogP contribution in [0.25, 0.3) is 0 Å². The van der Waals surface area contributed by atoms with Crippen molar-refractivity contribution in [1.82, 2.24) is 0 Å². The lowest BCUT2D eigenvalue weighted by molar-refractivity contribution is 0.0978. The Morgan fingerprint density at radius 2 is 2.10 bits per heavy atom. The molecule has 0 fully saturated rings. The third-order valence-electron chi connectivity index (χ3n) is 3.58. The Morgan fingerprint density at radius 3 is 2.86 bits per heavy atom.